The summed E-state index contributed by atoms with van der Waals surface area (Å²) in [6.07, 6.45) is 0. The standard InChI is InChI=1S/C17H14N2O4S2.C16H13N3O4S2/c1-22-16(21)14-8-7-13(25-14)12-10-24-17(18-12)19-15(20)9-23-11-5-3-2-4-6-11;20-14(8-23-10-4-2-1-3-5-10)18-16-17-11(9-24-16)12-6-7-13(25-12)15(21)19-22/h2-8,10H,9H2,1H3,(H,18,19,20);1-7,9,22H,8H2,(H,19,21)(H,17,18,20). The van der Waals surface area contributed by atoms with Crippen LogP contribution in [0.5, 0.6) is 11.5 Å². The lowest BCUT2D eigenvalue weighted by Gasteiger charge is -2.05. The van der Waals surface area contributed by atoms with E-state index >= 15 is 0 Å². The number of aromatic nitrogens is 2. The van der Waals surface area contributed by atoms with Gasteiger partial charge in [0.05, 0.1) is 33.1 Å². The highest BCUT2D eigenvalue weighted by atomic mass is 32.1. The fraction of sp³-hybridized carbons (Fsp3) is 0.0909. The highest BCUT2D eigenvalue weighted by Crippen LogP contribution is 2.32. The van der Waals surface area contributed by atoms with Crippen molar-refractivity contribution in [2.75, 3.05) is 31.0 Å². The Morgan fingerprint density at radius 3 is 1.58 bits per heavy atom. The summed E-state index contributed by atoms with van der Waals surface area (Å²) in [5.74, 6) is -0.296. The molecule has 50 heavy (non-hydrogen) atoms. The molecule has 3 amide bonds. The lowest BCUT2D eigenvalue weighted by Crippen LogP contribution is -2.19. The fourth-order valence-electron chi connectivity index (χ4n) is 3.87. The number of methoxy groups -OCH3 is 1. The van der Waals surface area contributed by atoms with Crippen LogP contribution in [-0.4, -0.2) is 59.2 Å². The molecule has 0 spiro atoms. The Bertz CT molecular complexity index is 1900. The van der Waals surface area contributed by atoms with E-state index in [1.807, 2.05) is 41.8 Å². The number of anilines is 2. The highest BCUT2D eigenvalue weighted by Gasteiger charge is 2.15. The van der Waals surface area contributed by atoms with Crippen LogP contribution in [0.4, 0.5) is 10.3 Å². The molecule has 0 fully saturated rings. The maximum Gasteiger partial charge on any atom is 0.348 e. The molecule has 0 atom stereocenters. The van der Waals surface area contributed by atoms with Crippen LogP contribution in [0, 0.1) is 0 Å². The number of esters is 1. The Kier molecular flexibility index (Phi) is 12.8. The van der Waals surface area contributed by atoms with Crippen molar-refractivity contribution in [2.45, 2.75) is 0 Å². The van der Waals surface area contributed by atoms with Crippen LogP contribution < -0.4 is 25.6 Å². The minimum atomic E-state index is -0.571. The van der Waals surface area contributed by atoms with E-state index in [2.05, 4.69) is 25.3 Å². The molecule has 6 aromatic rings. The van der Waals surface area contributed by atoms with Gasteiger partial charge in [0.25, 0.3) is 17.7 Å². The number of para-hydroxylation sites is 2. The Morgan fingerprint density at radius 1 is 0.660 bits per heavy atom. The first kappa shape index (κ1) is 35.8. The van der Waals surface area contributed by atoms with Gasteiger partial charge in [0.15, 0.2) is 23.5 Å². The number of thiophene rings is 2. The predicted molar refractivity (Wildman–Crippen MR) is 193 cm³/mol. The summed E-state index contributed by atoms with van der Waals surface area (Å²) < 4.78 is 15.5. The summed E-state index contributed by atoms with van der Waals surface area (Å²) in [4.78, 5) is 57.9. The maximum atomic E-state index is 11.9. The number of carbonyl (C=O) groups excluding carboxylic acids is 4. The average Bonchev–Trinajstić information content (AvgIpc) is 3.98. The first-order chi connectivity index (χ1) is 24.3. The highest BCUT2D eigenvalue weighted by molar-refractivity contribution is 7.19. The SMILES string of the molecule is COC(=O)c1ccc(-c2csc(NC(=O)COc3ccccc3)n2)s1.O=C(COc1ccccc1)Nc1nc(-c2ccc(C(=O)NO)s2)cs1. The van der Waals surface area contributed by atoms with E-state index < -0.39 is 5.91 Å². The van der Waals surface area contributed by atoms with Gasteiger partial charge in [-0.15, -0.1) is 45.3 Å². The summed E-state index contributed by atoms with van der Waals surface area (Å²) in [6, 6.07) is 25.0. The van der Waals surface area contributed by atoms with Gasteiger partial charge in [0.2, 0.25) is 0 Å². The van der Waals surface area contributed by atoms with Crippen molar-refractivity contribution >= 4 is 79.3 Å². The molecule has 0 aliphatic heterocycles. The van der Waals surface area contributed by atoms with Gasteiger partial charge in [-0.2, -0.15) is 0 Å². The van der Waals surface area contributed by atoms with Crippen LogP contribution in [0.1, 0.15) is 19.3 Å². The summed E-state index contributed by atoms with van der Waals surface area (Å²) in [5.41, 5.74) is 2.93. The van der Waals surface area contributed by atoms with Gasteiger partial charge in [-0.3, -0.25) is 30.2 Å². The van der Waals surface area contributed by atoms with Crippen LogP contribution >= 0.6 is 45.3 Å². The second kappa shape index (κ2) is 17.8. The monoisotopic (exact) mass is 749 g/mol. The molecule has 2 aromatic carbocycles. The number of hydrogen-bond acceptors (Lipinski definition) is 14. The lowest BCUT2D eigenvalue weighted by atomic mass is 10.3. The molecule has 0 saturated heterocycles. The average molecular weight is 750 g/mol. The largest absolute Gasteiger partial charge is 0.484 e. The molecule has 4 heterocycles. The molecule has 256 valence electrons. The molecule has 13 nitrogen and oxygen atoms in total. The molecule has 0 aliphatic carbocycles. The number of hydrogen-bond donors (Lipinski definition) is 4. The molecule has 17 heteroatoms. The van der Waals surface area contributed by atoms with E-state index in [9.17, 15) is 19.2 Å². The molecule has 0 radical (unpaired) electrons. The smallest absolute Gasteiger partial charge is 0.348 e. The first-order valence-corrected chi connectivity index (χ1v) is 17.8. The Labute approximate surface area is 301 Å². The van der Waals surface area contributed by atoms with Crippen LogP contribution in [0.3, 0.4) is 0 Å². The third kappa shape index (κ3) is 10.3. The zero-order valence-electron chi connectivity index (χ0n) is 26.0. The van der Waals surface area contributed by atoms with E-state index in [1.165, 1.54) is 52.5 Å². The predicted octanol–water partition coefficient (Wildman–Crippen LogP) is 6.68. The van der Waals surface area contributed by atoms with Gasteiger partial charge in [-0.1, -0.05) is 36.4 Å². The number of thiazole rings is 2. The van der Waals surface area contributed by atoms with Gasteiger partial charge in [0.1, 0.15) is 16.4 Å². The zero-order chi connectivity index (χ0) is 35.3. The third-order valence-corrected chi connectivity index (χ3v) is 9.87. The molecule has 6 rings (SSSR count). The fourth-order valence-corrected chi connectivity index (χ4v) is 7.21. The molecular weight excluding hydrogens is 723 g/mol. The minimum absolute atomic E-state index is 0.0928. The minimum Gasteiger partial charge on any atom is -0.484 e. The second-order valence-corrected chi connectivity index (χ2v) is 13.5. The van der Waals surface area contributed by atoms with Crippen molar-refractivity contribution in [1.82, 2.24) is 15.4 Å². The molecular formula is C33H27N5O8S4. The van der Waals surface area contributed by atoms with Crippen LogP contribution in [0.15, 0.2) is 95.7 Å². The van der Waals surface area contributed by atoms with Crippen molar-refractivity contribution in [3.8, 4) is 32.6 Å². The van der Waals surface area contributed by atoms with Crippen molar-refractivity contribution in [3.05, 3.63) is 105 Å². The number of rotatable bonds is 12. The van der Waals surface area contributed by atoms with Gasteiger partial charge in [-0.25, -0.2) is 20.2 Å². The van der Waals surface area contributed by atoms with Crippen LogP contribution in [0.25, 0.3) is 21.1 Å². The normalized spacial score (nSPS) is 10.3. The molecule has 4 N–H and O–H groups in total. The van der Waals surface area contributed by atoms with E-state index in [0.717, 1.165) is 9.75 Å². The molecule has 0 aliphatic rings. The van der Waals surface area contributed by atoms with Crippen LogP contribution in [-0.2, 0) is 14.3 Å². The van der Waals surface area contributed by atoms with Gasteiger partial charge in [-0.05, 0) is 48.5 Å². The molecule has 0 unspecified atom stereocenters. The van der Waals surface area contributed by atoms with E-state index in [1.54, 1.807) is 59.4 Å². The van der Waals surface area contributed by atoms with Gasteiger partial charge in [0, 0.05) is 10.8 Å². The summed E-state index contributed by atoms with van der Waals surface area (Å²) in [7, 11) is 1.34. The van der Waals surface area contributed by atoms with Crippen molar-refractivity contribution in [3.63, 3.8) is 0 Å². The Morgan fingerprint density at radius 2 is 1.12 bits per heavy atom. The maximum absolute atomic E-state index is 11.9. The number of ether oxygens (including phenoxy) is 3. The van der Waals surface area contributed by atoms with Crippen LogP contribution in [0.2, 0.25) is 0 Å². The van der Waals surface area contributed by atoms with E-state index in [4.69, 9.17) is 14.7 Å². The number of amides is 3. The second-order valence-electron chi connectivity index (χ2n) is 9.64. The molecule has 4 aromatic heterocycles. The van der Waals surface area contributed by atoms with Crippen molar-refractivity contribution in [1.29, 1.82) is 0 Å². The number of nitrogens with one attached hydrogen (secondary N) is 3. The quantitative estimate of drug-likeness (QED) is 0.0599. The molecule has 0 bridgehead atoms. The summed E-state index contributed by atoms with van der Waals surface area (Å²) in [5, 5.41) is 18.5. The third-order valence-electron chi connectivity index (χ3n) is 6.16. The number of carbonyl (C=O) groups is 4. The van der Waals surface area contributed by atoms with Gasteiger partial charge >= 0.3 is 5.97 Å². The van der Waals surface area contributed by atoms with Crippen molar-refractivity contribution < 1.29 is 38.6 Å². The zero-order valence-corrected chi connectivity index (χ0v) is 29.3. The Hall–Kier alpha value is -5.46. The van der Waals surface area contributed by atoms with E-state index in [0.29, 0.717) is 42.9 Å². The number of hydroxylamine groups is 1. The lowest BCUT2D eigenvalue weighted by molar-refractivity contribution is -0.118. The van der Waals surface area contributed by atoms with E-state index in [-0.39, 0.29) is 31.0 Å². The summed E-state index contributed by atoms with van der Waals surface area (Å²) >= 11 is 5.07. The van der Waals surface area contributed by atoms with Gasteiger partial charge < -0.3 is 14.2 Å². The summed E-state index contributed by atoms with van der Waals surface area (Å²) in [6.45, 7) is -0.205. The van der Waals surface area contributed by atoms with Crippen molar-refractivity contribution in [2.24, 2.45) is 0 Å². The number of nitrogens with zero attached hydrogens (tertiary/aromatic N) is 2. The first-order valence-electron chi connectivity index (χ1n) is 14.4. The topological polar surface area (TPSA) is 178 Å². The number of benzene rings is 2. The Balaban J connectivity index is 0.000000194. The molecule has 0 saturated carbocycles.